The number of esters is 4. The zero-order valence-corrected chi connectivity index (χ0v) is 64.9. The molecule has 97 heavy (non-hydrogen) atoms. The Hall–Kier alpha value is -3.64. The van der Waals surface area contributed by atoms with Gasteiger partial charge in [-0.2, -0.15) is 0 Å². The number of allylic oxidation sites excluding steroid dienone is 8. The maximum Gasteiger partial charge on any atom is 2.00 e. The standard InChI is InChI=1S/2C40H66O7S.Ca/c2*1-3-5-7-9-11-13-15-17-19-21-23-25-27-29-34-46-39(41)36-32-31-33-37(48(43,44)45)38(36)40(42)47-35-30-28-26-24-22-20-18-16-14-12-10-8-6-4-2;/h2*3-6,31-33H,7-30,34-35H2,1-2H3,(H,43,44,45);/q;;+2/p-2/b2*5-3+,6-4+;. The van der Waals surface area contributed by atoms with Crippen LogP contribution in [0.1, 0.15) is 377 Å². The average Bonchev–Trinajstić information content (AvgIpc) is 0.804. The molecule has 0 aliphatic rings. The van der Waals surface area contributed by atoms with Gasteiger partial charge in [-0.3, -0.25) is 0 Å². The second-order valence-corrected chi connectivity index (χ2v) is 28.5. The van der Waals surface area contributed by atoms with Gasteiger partial charge in [0.2, 0.25) is 0 Å². The molecular weight excluding hydrogens is 1290 g/mol. The molecule has 2 aromatic carbocycles. The van der Waals surface area contributed by atoms with E-state index in [1.165, 1.54) is 230 Å². The topological polar surface area (TPSA) is 220 Å². The van der Waals surface area contributed by atoms with Crippen LogP contribution >= 0.6 is 0 Å². The van der Waals surface area contributed by atoms with E-state index in [-0.39, 0.29) is 75.3 Å². The van der Waals surface area contributed by atoms with E-state index in [0.717, 1.165) is 89.2 Å². The summed E-state index contributed by atoms with van der Waals surface area (Å²) in [7, 11) is -10.0. The van der Waals surface area contributed by atoms with Crippen LogP contribution in [-0.4, -0.2) is 114 Å². The quantitative estimate of drug-likeness (QED) is 0.0150. The van der Waals surface area contributed by atoms with E-state index in [0.29, 0.717) is 25.7 Å². The van der Waals surface area contributed by atoms with Crippen molar-refractivity contribution in [3.8, 4) is 0 Å². The summed E-state index contributed by atoms with van der Waals surface area (Å²) >= 11 is 0. The van der Waals surface area contributed by atoms with Gasteiger partial charge in [0, 0.05) is 0 Å². The van der Waals surface area contributed by atoms with Crippen molar-refractivity contribution in [3.05, 3.63) is 107 Å². The Morgan fingerprint density at radius 2 is 0.464 bits per heavy atom. The molecule has 0 heterocycles. The zero-order valence-electron chi connectivity index (χ0n) is 61.1. The first kappa shape index (κ1) is 93.4. The summed E-state index contributed by atoms with van der Waals surface area (Å²) in [6.45, 7) is 8.75. The Labute approximate surface area is 620 Å². The number of rotatable bonds is 62. The number of carbonyl (C=O) groups is 4. The van der Waals surface area contributed by atoms with E-state index in [1.807, 2.05) is 0 Å². The minimum atomic E-state index is -5.01. The number of ether oxygens (including phenoxy) is 4. The summed E-state index contributed by atoms with van der Waals surface area (Å²) in [4.78, 5) is 50.1. The summed E-state index contributed by atoms with van der Waals surface area (Å²) in [6.07, 6.45) is 72.6. The monoisotopic (exact) mass is 1420 g/mol. The molecule has 0 saturated heterocycles. The molecule has 14 nitrogen and oxygen atoms in total. The van der Waals surface area contributed by atoms with E-state index >= 15 is 0 Å². The number of carbonyl (C=O) groups excluding carboxylic acids is 4. The fraction of sp³-hybridized carbons (Fsp3) is 0.700. The fourth-order valence-corrected chi connectivity index (χ4v) is 13.1. The smallest absolute Gasteiger partial charge is 0.744 e. The van der Waals surface area contributed by atoms with Gasteiger partial charge in [0.15, 0.2) is 0 Å². The van der Waals surface area contributed by atoms with Crippen molar-refractivity contribution in [2.75, 3.05) is 26.4 Å². The maximum atomic E-state index is 12.9. The van der Waals surface area contributed by atoms with Crippen molar-refractivity contribution in [2.24, 2.45) is 0 Å². The molecule has 0 fully saturated rings. The van der Waals surface area contributed by atoms with Crippen molar-refractivity contribution in [1.82, 2.24) is 0 Å². The van der Waals surface area contributed by atoms with E-state index in [4.69, 9.17) is 18.9 Å². The van der Waals surface area contributed by atoms with Gasteiger partial charge in [-0.05, 0) is 129 Å². The summed E-state index contributed by atoms with van der Waals surface area (Å²) < 4.78 is 93.0. The van der Waals surface area contributed by atoms with Gasteiger partial charge in [-0.15, -0.1) is 0 Å². The van der Waals surface area contributed by atoms with E-state index in [1.54, 1.807) is 0 Å². The molecular formula is C80H130CaO14S2. The third-order valence-electron chi connectivity index (χ3n) is 17.4. The van der Waals surface area contributed by atoms with E-state index in [9.17, 15) is 45.1 Å². The minimum Gasteiger partial charge on any atom is -0.744 e. The van der Waals surface area contributed by atoms with Gasteiger partial charge in [0.1, 0.15) is 20.2 Å². The molecule has 0 saturated carbocycles. The van der Waals surface area contributed by atoms with E-state index in [2.05, 4.69) is 76.3 Å². The number of unbranched alkanes of at least 4 members (excludes halogenated alkanes) is 44. The average molecular weight is 1420 g/mol. The van der Waals surface area contributed by atoms with Crippen molar-refractivity contribution in [2.45, 2.75) is 346 Å². The Bertz CT molecular complexity index is 2470. The molecule has 2 rings (SSSR count). The normalized spacial score (nSPS) is 11.8. The first-order valence-electron chi connectivity index (χ1n) is 38.0. The number of hydrogen-bond acceptors (Lipinski definition) is 14. The third kappa shape index (κ3) is 52.1. The first-order valence-corrected chi connectivity index (χ1v) is 40.8. The number of hydrogen-bond donors (Lipinski definition) is 0. The van der Waals surface area contributed by atoms with Crippen LogP contribution in [0.2, 0.25) is 0 Å². The summed E-state index contributed by atoms with van der Waals surface area (Å²) in [5, 5.41) is 0. The summed E-state index contributed by atoms with van der Waals surface area (Å²) in [5.41, 5.74) is -1.57. The Morgan fingerprint density at radius 1 is 0.289 bits per heavy atom. The van der Waals surface area contributed by atoms with Crippen molar-refractivity contribution < 1.29 is 64.1 Å². The minimum absolute atomic E-state index is 0. The molecule has 0 unspecified atom stereocenters. The van der Waals surface area contributed by atoms with Crippen LogP contribution in [0.4, 0.5) is 0 Å². The molecule has 2 aromatic rings. The molecule has 17 heteroatoms. The first-order chi connectivity index (χ1) is 46.6. The Kier molecular flexibility index (Phi) is 63.2. The van der Waals surface area contributed by atoms with Gasteiger partial charge < -0.3 is 28.1 Å². The second kappa shape index (κ2) is 65.7. The molecule has 0 radical (unpaired) electrons. The molecule has 0 N–H and O–H groups in total. The predicted molar refractivity (Wildman–Crippen MR) is 397 cm³/mol. The van der Waals surface area contributed by atoms with Crippen LogP contribution < -0.4 is 0 Å². The van der Waals surface area contributed by atoms with Crippen molar-refractivity contribution in [1.29, 1.82) is 0 Å². The molecule has 0 aromatic heterocycles. The molecule has 548 valence electrons. The van der Waals surface area contributed by atoms with Gasteiger partial charge in [-0.1, -0.05) is 292 Å². The maximum absolute atomic E-state index is 12.9. The van der Waals surface area contributed by atoms with Crippen LogP contribution in [0.25, 0.3) is 0 Å². The Morgan fingerprint density at radius 3 is 0.649 bits per heavy atom. The van der Waals surface area contributed by atoms with Crippen LogP contribution in [0.3, 0.4) is 0 Å². The van der Waals surface area contributed by atoms with Crippen molar-refractivity contribution in [3.63, 3.8) is 0 Å². The summed E-state index contributed by atoms with van der Waals surface area (Å²) in [6, 6.07) is 7.22. The van der Waals surface area contributed by atoms with Gasteiger partial charge in [0.05, 0.1) is 58.5 Å². The largest absolute Gasteiger partial charge is 2.00 e. The molecule has 0 atom stereocenters. The Balaban J connectivity index is 0.00000188. The molecule has 0 bridgehead atoms. The third-order valence-corrected chi connectivity index (χ3v) is 19.1. The number of benzene rings is 2. The van der Waals surface area contributed by atoms with E-state index < -0.39 is 65.0 Å². The second-order valence-electron chi connectivity index (χ2n) is 25.8. The molecule has 0 aliphatic carbocycles. The van der Waals surface area contributed by atoms with Gasteiger partial charge in [0.25, 0.3) is 0 Å². The fourth-order valence-electron chi connectivity index (χ4n) is 11.7. The molecule has 0 spiro atoms. The van der Waals surface area contributed by atoms with Crippen molar-refractivity contribution >= 4 is 81.9 Å². The summed E-state index contributed by atoms with van der Waals surface area (Å²) in [5.74, 6) is -3.63. The van der Waals surface area contributed by atoms with Crippen LogP contribution in [0.5, 0.6) is 0 Å². The van der Waals surface area contributed by atoms with Gasteiger partial charge in [-0.25, -0.2) is 36.0 Å². The predicted octanol–water partition coefficient (Wildman–Crippen LogP) is 22.5. The van der Waals surface area contributed by atoms with Gasteiger partial charge >= 0.3 is 61.6 Å². The molecule has 0 aliphatic heterocycles. The van der Waals surface area contributed by atoms with Crippen LogP contribution in [0.15, 0.2) is 94.8 Å². The van der Waals surface area contributed by atoms with Crippen LogP contribution in [0, 0.1) is 0 Å². The SMILES string of the molecule is C/C=C/CCCCCCCCCCCCCOC(=O)c1cccc(S(=O)(=O)[O-])c1C(=O)OCCCCCCCCCCCCC/C=C/C.C/C=C/CCCCCCCCCCCCCOC(=O)c1cccc(S(=O)(=O)[O-])c1C(=O)OCCCCCCCCCCCCC/C=C/C.[Ca+2]. The van der Waals surface area contributed by atoms with Crippen LogP contribution in [-0.2, 0) is 39.2 Å². The molecule has 0 amide bonds. The zero-order chi connectivity index (χ0) is 70.3.